The van der Waals surface area contributed by atoms with E-state index in [1.54, 1.807) is 0 Å². The van der Waals surface area contributed by atoms with Crippen molar-refractivity contribution in [1.29, 1.82) is 0 Å². The van der Waals surface area contributed by atoms with Gasteiger partial charge in [-0.3, -0.25) is 4.57 Å². The molecular formula is C69H44N6. The Labute approximate surface area is 432 Å². The molecule has 0 aliphatic rings. The smallest absolute Gasteiger partial charge is 0.238 e. The van der Waals surface area contributed by atoms with Crippen LogP contribution >= 0.6 is 0 Å². The highest BCUT2D eigenvalue weighted by molar-refractivity contribution is 6.24. The van der Waals surface area contributed by atoms with Gasteiger partial charge in [0.25, 0.3) is 0 Å². The zero-order valence-electron chi connectivity index (χ0n) is 40.6. The van der Waals surface area contributed by atoms with Crippen LogP contribution in [0, 0.1) is 0 Å². The van der Waals surface area contributed by atoms with Gasteiger partial charge in [-0.15, -0.1) is 0 Å². The van der Waals surface area contributed by atoms with Gasteiger partial charge in [0.15, 0.2) is 11.6 Å². The largest absolute Gasteiger partial charge is 0.309 e. The Hall–Kier alpha value is -10.2. The van der Waals surface area contributed by atoms with Gasteiger partial charge in [0, 0.05) is 54.7 Å². The number of rotatable bonds is 8. The minimum absolute atomic E-state index is 0.532. The van der Waals surface area contributed by atoms with Crippen LogP contribution in [-0.2, 0) is 0 Å². The van der Waals surface area contributed by atoms with Crippen molar-refractivity contribution in [3.63, 3.8) is 0 Å². The third-order valence-corrected chi connectivity index (χ3v) is 14.9. The number of aromatic nitrogens is 6. The molecule has 75 heavy (non-hydrogen) atoms. The lowest BCUT2D eigenvalue weighted by atomic mass is 10.0. The van der Waals surface area contributed by atoms with Crippen molar-refractivity contribution in [2.75, 3.05) is 0 Å². The molecule has 0 atom stereocenters. The molecule has 0 unspecified atom stereocenters. The minimum Gasteiger partial charge on any atom is -0.309 e. The third kappa shape index (κ3) is 6.92. The normalized spacial score (nSPS) is 11.7. The topological polar surface area (TPSA) is 53.5 Å². The predicted molar refractivity (Wildman–Crippen MR) is 310 cm³/mol. The Kier molecular flexibility index (Phi) is 9.78. The number of para-hydroxylation sites is 4. The standard InChI is InChI=1S/C69H44N6/c1-4-19-45(20-5-1)47-35-37-49(38-36-47)67-70-68(51-26-18-25-50(43-51)46-21-6-2-7-22-46)72-69(71-67)75-63-34-17-13-30-56(63)57-40-41-58-59-44-52(73-61-32-15-11-28-54(61)55-29-12-16-33-62(55)73)39-42-64(59)74(65(58)66(57)75)60-31-14-10-27-53(60)48-23-8-3-9-24-48/h1-44H. The number of benzene rings is 11. The summed E-state index contributed by atoms with van der Waals surface area (Å²) in [7, 11) is 0. The van der Waals surface area contributed by atoms with Crippen LogP contribution in [0.25, 0.3) is 139 Å². The Balaban J connectivity index is 1.05. The highest BCUT2D eigenvalue weighted by atomic mass is 15.2. The molecular weight excluding hydrogens is 913 g/mol. The molecule has 6 heteroatoms. The van der Waals surface area contributed by atoms with E-state index < -0.39 is 0 Å². The molecule has 6 nitrogen and oxygen atoms in total. The zero-order chi connectivity index (χ0) is 49.4. The highest BCUT2D eigenvalue weighted by Crippen LogP contribution is 2.44. The molecule has 0 aliphatic carbocycles. The first-order valence-electron chi connectivity index (χ1n) is 25.4. The van der Waals surface area contributed by atoms with E-state index in [-0.39, 0.29) is 0 Å². The van der Waals surface area contributed by atoms with Gasteiger partial charge in [-0.2, -0.15) is 9.97 Å². The van der Waals surface area contributed by atoms with Crippen LogP contribution in [0.4, 0.5) is 0 Å². The summed E-state index contributed by atoms with van der Waals surface area (Å²) < 4.78 is 7.18. The molecule has 4 heterocycles. The van der Waals surface area contributed by atoms with Gasteiger partial charge in [-0.1, -0.05) is 218 Å². The lowest BCUT2D eigenvalue weighted by Gasteiger charge is -2.16. The van der Waals surface area contributed by atoms with E-state index in [4.69, 9.17) is 15.0 Å². The van der Waals surface area contributed by atoms with Crippen LogP contribution in [0.15, 0.2) is 267 Å². The maximum Gasteiger partial charge on any atom is 0.238 e. The fraction of sp³-hybridized carbons (Fsp3) is 0. The van der Waals surface area contributed by atoms with E-state index in [2.05, 4.69) is 268 Å². The molecule has 0 radical (unpaired) electrons. The second kappa shape index (κ2) is 17.3. The molecule has 11 aromatic carbocycles. The predicted octanol–water partition coefficient (Wildman–Crippen LogP) is 17.5. The number of hydrogen-bond acceptors (Lipinski definition) is 3. The molecule has 15 rings (SSSR count). The second-order valence-corrected chi connectivity index (χ2v) is 19.2. The molecule has 0 fully saturated rings. The van der Waals surface area contributed by atoms with E-state index in [0.717, 1.165) is 99.5 Å². The number of nitrogens with zero attached hydrogens (tertiary/aromatic N) is 6. The lowest BCUT2D eigenvalue weighted by Crippen LogP contribution is -2.07. The average Bonchev–Trinajstić information content (AvgIpc) is 4.25. The van der Waals surface area contributed by atoms with Crippen LogP contribution in [0.3, 0.4) is 0 Å². The van der Waals surface area contributed by atoms with Crippen LogP contribution in [0.5, 0.6) is 0 Å². The zero-order valence-corrected chi connectivity index (χ0v) is 40.6. The van der Waals surface area contributed by atoms with Gasteiger partial charge in [0.2, 0.25) is 5.95 Å². The van der Waals surface area contributed by atoms with E-state index in [9.17, 15) is 0 Å². The SMILES string of the molecule is c1ccc(-c2ccc(-c3nc(-c4cccc(-c5ccccc5)c4)nc(-n4c5ccccc5c5ccc6c7cc(-n8c9ccccc9c9ccccc98)ccc7n(-c7ccccc7-c7ccccc7)c6c54)n3)cc2)cc1. The summed E-state index contributed by atoms with van der Waals surface area (Å²) in [5.74, 6) is 1.71. The molecule has 4 aromatic heterocycles. The molecule has 0 saturated heterocycles. The molecule has 0 aliphatic heterocycles. The monoisotopic (exact) mass is 956 g/mol. The summed E-state index contributed by atoms with van der Waals surface area (Å²) in [5.41, 5.74) is 17.2. The fourth-order valence-corrected chi connectivity index (χ4v) is 11.5. The van der Waals surface area contributed by atoms with Gasteiger partial charge in [0.05, 0.1) is 38.8 Å². The lowest BCUT2D eigenvalue weighted by molar-refractivity contribution is 0.953. The Bertz CT molecular complexity index is 4630. The van der Waals surface area contributed by atoms with Gasteiger partial charge in [-0.05, 0) is 76.3 Å². The summed E-state index contributed by atoms with van der Waals surface area (Å²) in [6.45, 7) is 0. The van der Waals surface area contributed by atoms with Crippen molar-refractivity contribution < 1.29 is 0 Å². The van der Waals surface area contributed by atoms with Crippen molar-refractivity contribution in [2.24, 2.45) is 0 Å². The average molecular weight is 957 g/mol. The maximum absolute atomic E-state index is 5.53. The maximum atomic E-state index is 5.53. The van der Waals surface area contributed by atoms with Crippen LogP contribution in [0.1, 0.15) is 0 Å². The Morgan fingerprint density at radius 3 is 1.36 bits per heavy atom. The summed E-state index contributed by atoms with van der Waals surface area (Å²) in [4.78, 5) is 16.4. The highest BCUT2D eigenvalue weighted by Gasteiger charge is 2.25. The van der Waals surface area contributed by atoms with Crippen molar-refractivity contribution >= 4 is 65.4 Å². The van der Waals surface area contributed by atoms with Crippen molar-refractivity contribution in [3.8, 4) is 73.5 Å². The summed E-state index contributed by atoms with van der Waals surface area (Å²) in [6.07, 6.45) is 0. The van der Waals surface area contributed by atoms with E-state index >= 15 is 0 Å². The van der Waals surface area contributed by atoms with E-state index in [0.29, 0.717) is 17.6 Å². The first-order valence-corrected chi connectivity index (χ1v) is 25.4. The van der Waals surface area contributed by atoms with Crippen LogP contribution in [-0.4, -0.2) is 28.7 Å². The van der Waals surface area contributed by atoms with Crippen LogP contribution in [0.2, 0.25) is 0 Å². The molecule has 0 saturated carbocycles. The fourth-order valence-electron chi connectivity index (χ4n) is 11.5. The van der Waals surface area contributed by atoms with Gasteiger partial charge < -0.3 is 9.13 Å². The molecule has 0 N–H and O–H groups in total. The second-order valence-electron chi connectivity index (χ2n) is 19.2. The van der Waals surface area contributed by atoms with Crippen molar-refractivity contribution in [1.82, 2.24) is 28.7 Å². The van der Waals surface area contributed by atoms with Crippen LogP contribution < -0.4 is 0 Å². The van der Waals surface area contributed by atoms with Gasteiger partial charge >= 0.3 is 0 Å². The molecule has 0 bridgehead atoms. The molecule has 15 aromatic rings. The molecule has 0 amide bonds. The van der Waals surface area contributed by atoms with Crippen molar-refractivity contribution in [2.45, 2.75) is 0 Å². The Morgan fingerprint density at radius 2 is 0.693 bits per heavy atom. The molecule has 350 valence electrons. The first-order chi connectivity index (χ1) is 37.2. The summed E-state index contributed by atoms with van der Waals surface area (Å²) in [5, 5.41) is 6.93. The number of fused-ring (bicyclic) bond motifs is 10. The quantitative estimate of drug-likeness (QED) is 0.152. The third-order valence-electron chi connectivity index (χ3n) is 14.9. The van der Waals surface area contributed by atoms with Gasteiger partial charge in [0.1, 0.15) is 0 Å². The van der Waals surface area contributed by atoms with Gasteiger partial charge in [-0.25, -0.2) is 4.98 Å². The first kappa shape index (κ1) is 42.5. The minimum atomic E-state index is 0.532. The number of hydrogen-bond donors (Lipinski definition) is 0. The Morgan fingerprint density at radius 1 is 0.240 bits per heavy atom. The summed E-state index contributed by atoms with van der Waals surface area (Å²) >= 11 is 0. The van der Waals surface area contributed by atoms with E-state index in [1.165, 1.54) is 21.8 Å². The summed E-state index contributed by atoms with van der Waals surface area (Å²) in [6, 6.07) is 95.3. The van der Waals surface area contributed by atoms with E-state index in [1.807, 2.05) is 12.1 Å². The van der Waals surface area contributed by atoms with Crippen molar-refractivity contribution in [3.05, 3.63) is 267 Å². The molecule has 0 spiro atoms.